The van der Waals surface area contributed by atoms with E-state index in [1.54, 1.807) is 0 Å². The van der Waals surface area contributed by atoms with Gasteiger partial charge >= 0.3 is 0 Å². The van der Waals surface area contributed by atoms with E-state index in [1.165, 1.54) is 156 Å². The van der Waals surface area contributed by atoms with Crippen LogP contribution in [0.5, 0.6) is 0 Å². The monoisotopic (exact) mass is 1220 g/mol. The molecule has 96 heavy (non-hydrogen) atoms. The quantitative estimate of drug-likeness (QED) is 0.153. The van der Waals surface area contributed by atoms with Crippen LogP contribution in [0.25, 0.3) is 33.0 Å². The van der Waals surface area contributed by atoms with Crippen LogP contribution in [0.15, 0.2) is 291 Å². The molecule has 0 saturated heterocycles. The van der Waals surface area contributed by atoms with Crippen molar-refractivity contribution in [3.05, 3.63) is 313 Å². The van der Waals surface area contributed by atoms with Crippen LogP contribution < -0.4 is 62.2 Å². The van der Waals surface area contributed by atoms with Gasteiger partial charge in [0.15, 0.2) is 0 Å². The zero-order chi connectivity index (χ0) is 63.2. The highest BCUT2D eigenvalue weighted by molar-refractivity contribution is 7.04. The van der Waals surface area contributed by atoms with Crippen molar-refractivity contribution in [1.29, 1.82) is 0 Å². The normalized spacial score (nSPS) is 15.5. The molecule has 448 valence electrons. The van der Waals surface area contributed by atoms with Gasteiger partial charge < -0.3 is 29.4 Å². The van der Waals surface area contributed by atoms with Crippen LogP contribution in [0.2, 0.25) is 0 Å². The van der Waals surface area contributed by atoms with Crippen molar-refractivity contribution in [2.24, 2.45) is 0 Å². The number of fused-ring (bicyclic) bond motifs is 11. The first-order valence-electron chi connectivity index (χ1n) is 33.9. The highest BCUT2D eigenvalue weighted by atomic mass is 15.2. The van der Waals surface area contributed by atoms with E-state index in [2.05, 4.69) is 348 Å². The SMILES string of the molecule is CC1(C)c2ccccc2-c2cc3c4c(c21)N(c1ccccc1)c1cccc2c1B4c1c(cc4c5c6c(cc4c1N2c1ccccc1)N(c1ccccc1)c1cc2c(c4c1B6c1c(cccc1N5c1ccccc1)N4c1ccccc1)C(C)(C)c1ccccc1-2)N3c1ccccc1. The third-order valence-electron chi connectivity index (χ3n) is 22.9. The summed E-state index contributed by atoms with van der Waals surface area (Å²) in [7, 11) is 0. The van der Waals surface area contributed by atoms with Gasteiger partial charge in [-0.15, -0.1) is 0 Å². The first-order valence-corrected chi connectivity index (χ1v) is 33.9. The minimum atomic E-state index is -0.335. The van der Waals surface area contributed by atoms with E-state index in [4.69, 9.17) is 0 Å². The van der Waals surface area contributed by atoms with Gasteiger partial charge in [-0.1, -0.05) is 198 Å². The maximum Gasteiger partial charge on any atom is 0.257 e. The Labute approximate surface area is 559 Å². The highest BCUT2D eigenvalue weighted by Gasteiger charge is 2.57. The zero-order valence-electron chi connectivity index (χ0n) is 53.6. The van der Waals surface area contributed by atoms with E-state index < -0.39 is 0 Å². The van der Waals surface area contributed by atoms with Crippen molar-refractivity contribution in [2.75, 3.05) is 29.4 Å². The molecule has 14 aromatic rings. The van der Waals surface area contributed by atoms with Gasteiger partial charge in [0, 0.05) is 113 Å². The molecule has 0 saturated carbocycles. The summed E-state index contributed by atoms with van der Waals surface area (Å²) in [5, 5.41) is 2.39. The summed E-state index contributed by atoms with van der Waals surface area (Å²) in [4.78, 5) is 16.0. The lowest BCUT2D eigenvalue weighted by Gasteiger charge is -2.52. The molecule has 6 aliphatic heterocycles. The average Bonchev–Trinajstić information content (AvgIpc) is 0.855. The maximum atomic E-state index is 2.67. The summed E-state index contributed by atoms with van der Waals surface area (Å²) < 4.78 is 0. The molecular formula is C88H60B2N6. The molecule has 0 fully saturated rings. The van der Waals surface area contributed by atoms with Crippen molar-refractivity contribution in [3.8, 4) is 22.3 Å². The Morgan fingerprint density at radius 2 is 0.479 bits per heavy atom. The Morgan fingerprint density at radius 1 is 0.219 bits per heavy atom. The van der Waals surface area contributed by atoms with Gasteiger partial charge in [-0.3, -0.25) is 0 Å². The molecule has 0 aromatic heterocycles. The fourth-order valence-electron chi connectivity index (χ4n) is 19.3. The molecule has 2 aliphatic carbocycles. The maximum absolute atomic E-state index is 2.67. The lowest BCUT2D eigenvalue weighted by atomic mass is 9.30. The van der Waals surface area contributed by atoms with Crippen molar-refractivity contribution >= 4 is 159 Å². The fourth-order valence-corrected chi connectivity index (χ4v) is 19.3. The molecule has 6 heterocycles. The number of benzene rings is 14. The van der Waals surface area contributed by atoms with Gasteiger partial charge in [0.1, 0.15) is 0 Å². The van der Waals surface area contributed by atoms with Crippen LogP contribution in [-0.2, 0) is 10.8 Å². The molecule has 22 rings (SSSR count). The summed E-state index contributed by atoms with van der Waals surface area (Å²) in [6, 6.07) is 111. The number of hydrogen-bond donors (Lipinski definition) is 0. The fraction of sp³-hybridized carbons (Fsp3) is 0.0682. The predicted molar refractivity (Wildman–Crippen MR) is 404 cm³/mol. The molecule has 8 aliphatic rings. The lowest BCUT2D eigenvalue weighted by molar-refractivity contribution is 0.661. The Hall–Kier alpha value is -11.7. The Morgan fingerprint density at radius 3 is 0.802 bits per heavy atom. The number of anilines is 18. The second-order valence-corrected chi connectivity index (χ2v) is 28.2. The third kappa shape index (κ3) is 6.45. The largest absolute Gasteiger partial charge is 0.311 e. The van der Waals surface area contributed by atoms with E-state index in [0.29, 0.717) is 0 Å². The average molecular weight is 1220 g/mol. The van der Waals surface area contributed by atoms with Gasteiger partial charge in [-0.25, -0.2) is 0 Å². The number of para-hydroxylation sites is 6. The van der Waals surface area contributed by atoms with Crippen molar-refractivity contribution in [3.63, 3.8) is 0 Å². The molecule has 0 unspecified atom stereocenters. The van der Waals surface area contributed by atoms with Crippen molar-refractivity contribution in [2.45, 2.75) is 38.5 Å². The highest BCUT2D eigenvalue weighted by Crippen LogP contribution is 2.63. The second-order valence-electron chi connectivity index (χ2n) is 28.2. The third-order valence-corrected chi connectivity index (χ3v) is 22.9. The van der Waals surface area contributed by atoms with Crippen LogP contribution in [0.4, 0.5) is 102 Å². The Bertz CT molecular complexity index is 5410. The Kier molecular flexibility index (Phi) is 10.2. The van der Waals surface area contributed by atoms with Gasteiger partial charge in [0.2, 0.25) is 0 Å². The Balaban J connectivity index is 0.956. The van der Waals surface area contributed by atoms with Gasteiger partial charge in [0.25, 0.3) is 13.4 Å². The van der Waals surface area contributed by atoms with Crippen LogP contribution >= 0.6 is 0 Å². The van der Waals surface area contributed by atoms with Gasteiger partial charge in [0.05, 0.1) is 11.4 Å². The summed E-state index contributed by atoms with van der Waals surface area (Å²) >= 11 is 0. The standard InChI is InChI=1S/C88H60B2N6/c1-87(2)65-43-25-23-41-59(65)61-49-71-81-85(75(61)87)95(57-37-19-9-20-38-57)69-47-27-45-67-77(69)89(81)79-73(91(71)53-29-11-5-12-30-53)51-64-63(83(79)93(67)55-33-15-7-16-34-55)52-74-80-84(64)94(56-35-17-8-18-36-56)68-46-28-48-70-78(68)90(80)82-72(92(74)54-31-13-6-14-32-54)50-62-60-42-24-26-44-66(60)88(3,4)76(62)86(82)96(70)58-39-21-10-22-40-58/h5-52H,1-4H3. The predicted octanol–water partition coefficient (Wildman–Crippen LogP) is 19.2. The summed E-state index contributed by atoms with van der Waals surface area (Å²) in [6.07, 6.45) is 0. The molecule has 0 bridgehead atoms. The van der Waals surface area contributed by atoms with Gasteiger partial charge in [-0.2, -0.15) is 0 Å². The van der Waals surface area contributed by atoms with E-state index in [0.717, 1.165) is 34.1 Å². The molecule has 6 nitrogen and oxygen atoms in total. The van der Waals surface area contributed by atoms with E-state index in [1.807, 2.05) is 0 Å². The van der Waals surface area contributed by atoms with Crippen LogP contribution in [0.3, 0.4) is 0 Å². The smallest absolute Gasteiger partial charge is 0.257 e. The molecule has 0 N–H and O–H groups in total. The molecular weight excluding hydrogens is 1160 g/mol. The number of nitrogens with zero attached hydrogens (tertiary/aromatic N) is 6. The zero-order valence-corrected chi connectivity index (χ0v) is 53.6. The van der Waals surface area contributed by atoms with E-state index >= 15 is 0 Å². The van der Waals surface area contributed by atoms with Gasteiger partial charge in [-0.05, 0) is 199 Å². The minimum absolute atomic E-state index is 0.164. The first-order chi connectivity index (χ1) is 47.3. The van der Waals surface area contributed by atoms with Crippen molar-refractivity contribution in [1.82, 2.24) is 0 Å². The lowest BCUT2D eigenvalue weighted by Crippen LogP contribution is -2.66. The minimum Gasteiger partial charge on any atom is -0.311 e. The van der Waals surface area contributed by atoms with Crippen LogP contribution in [0.1, 0.15) is 49.9 Å². The summed E-state index contributed by atoms with van der Waals surface area (Å²) in [6.45, 7) is 9.53. The topological polar surface area (TPSA) is 19.4 Å². The van der Waals surface area contributed by atoms with Crippen LogP contribution in [0, 0.1) is 0 Å². The number of hydrogen-bond acceptors (Lipinski definition) is 6. The van der Waals surface area contributed by atoms with E-state index in [9.17, 15) is 0 Å². The molecule has 14 aromatic carbocycles. The first kappa shape index (κ1) is 52.7. The number of rotatable bonds is 6. The molecule has 0 atom stereocenters. The summed E-state index contributed by atoms with van der Waals surface area (Å²) in [5.41, 5.74) is 39.1. The molecule has 0 spiro atoms. The molecule has 0 radical (unpaired) electrons. The molecule has 8 heteroatoms. The van der Waals surface area contributed by atoms with Crippen LogP contribution in [-0.4, -0.2) is 13.4 Å². The second kappa shape index (κ2) is 18.6. The van der Waals surface area contributed by atoms with Crippen molar-refractivity contribution < 1.29 is 0 Å². The molecule has 0 amide bonds. The van der Waals surface area contributed by atoms with E-state index in [-0.39, 0.29) is 24.3 Å². The summed E-state index contributed by atoms with van der Waals surface area (Å²) in [5.74, 6) is 0.